The number of nitrogens with two attached hydrogens (primary N) is 2. The molecule has 2 aromatic carbocycles. The van der Waals surface area contributed by atoms with E-state index in [2.05, 4.69) is 5.32 Å². The number of ether oxygens (including phenoxy) is 1. The summed E-state index contributed by atoms with van der Waals surface area (Å²) >= 11 is 0. The molecule has 0 saturated heterocycles. The van der Waals surface area contributed by atoms with Crippen LogP contribution in [-0.2, 0) is 0 Å². The van der Waals surface area contributed by atoms with E-state index in [0.717, 1.165) is 34.4 Å². The van der Waals surface area contributed by atoms with Crippen molar-refractivity contribution in [2.75, 3.05) is 30.4 Å². The van der Waals surface area contributed by atoms with Gasteiger partial charge in [0.1, 0.15) is 5.75 Å². The molecule has 0 aliphatic carbocycles. The van der Waals surface area contributed by atoms with E-state index in [0.29, 0.717) is 5.69 Å². The van der Waals surface area contributed by atoms with Crippen molar-refractivity contribution < 1.29 is 4.74 Å². The van der Waals surface area contributed by atoms with Crippen molar-refractivity contribution in [3.05, 3.63) is 24.3 Å². The molecule has 17 heavy (non-hydrogen) atoms. The van der Waals surface area contributed by atoms with Gasteiger partial charge in [0.2, 0.25) is 0 Å². The maximum Gasteiger partial charge on any atom is 0.129 e. The number of hydrogen-bond donors (Lipinski definition) is 3. The third kappa shape index (κ3) is 1.82. The van der Waals surface area contributed by atoms with Gasteiger partial charge in [0.05, 0.1) is 23.9 Å². The Bertz CT molecular complexity index is 552. The molecule has 0 radical (unpaired) electrons. The highest BCUT2D eigenvalue weighted by Gasteiger charge is 2.11. The molecule has 0 aliphatic heterocycles. The van der Waals surface area contributed by atoms with Gasteiger partial charge in [-0.3, -0.25) is 0 Å². The minimum Gasteiger partial charge on any atom is -0.496 e. The average molecular weight is 231 g/mol. The highest BCUT2D eigenvalue weighted by molar-refractivity contribution is 6.08. The number of nitrogens with one attached hydrogen (secondary N) is 1. The zero-order valence-electron chi connectivity index (χ0n) is 10.1. The van der Waals surface area contributed by atoms with Crippen LogP contribution in [0, 0.1) is 0 Å². The average Bonchev–Trinajstić information content (AvgIpc) is 2.33. The third-order valence-corrected chi connectivity index (χ3v) is 2.78. The van der Waals surface area contributed by atoms with Crippen molar-refractivity contribution in [3.63, 3.8) is 0 Å². The monoisotopic (exact) mass is 231 g/mol. The van der Waals surface area contributed by atoms with Crippen LogP contribution in [0.4, 0.5) is 17.1 Å². The molecule has 2 aromatic rings. The van der Waals surface area contributed by atoms with E-state index >= 15 is 0 Å². The first-order valence-electron chi connectivity index (χ1n) is 5.57. The van der Waals surface area contributed by atoms with Crippen molar-refractivity contribution in [3.8, 4) is 5.75 Å². The Morgan fingerprint density at radius 3 is 2.47 bits per heavy atom. The predicted octanol–water partition coefficient (Wildman–Crippen LogP) is 2.44. The van der Waals surface area contributed by atoms with Crippen molar-refractivity contribution in [2.24, 2.45) is 0 Å². The second kappa shape index (κ2) is 4.41. The number of methoxy groups -OCH3 is 1. The van der Waals surface area contributed by atoms with Gasteiger partial charge in [0.25, 0.3) is 0 Å². The number of benzene rings is 2. The fraction of sp³-hybridized carbons (Fsp3) is 0.231. The van der Waals surface area contributed by atoms with E-state index in [-0.39, 0.29) is 0 Å². The molecule has 0 atom stereocenters. The molecule has 0 unspecified atom stereocenters. The third-order valence-electron chi connectivity index (χ3n) is 2.78. The first kappa shape index (κ1) is 11.4. The van der Waals surface area contributed by atoms with E-state index in [9.17, 15) is 0 Å². The van der Waals surface area contributed by atoms with Crippen molar-refractivity contribution >= 4 is 27.8 Å². The summed E-state index contributed by atoms with van der Waals surface area (Å²) in [5.41, 5.74) is 14.3. The van der Waals surface area contributed by atoms with E-state index in [1.54, 1.807) is 7.11 Å². The fourth-order valence-corrected chi connectivity index (χ4v) is 1.99. The summed E-state index contributed by atoms with van der Waals surface area (Å²) in [6.45, 7) is 2.82. The smallest absolute Gasteiger partial charge is 0.129 e. The number of rotatable bonds is 3. The lowest BCUT2D eigenvalue weighted by Gasteiger charge is -2.15. The highest BCUT2D eigenvalue weighted by Crippen LogP contribution is 2.38. The van der Waals surface area contributed by atoms with Gasteiger partial charge in [-0.25, -0.2) is 0 Å². The van der Waals surface area contributed by atoms with Crippen LogP contribution in [0.2, 0.25) is 0 Å². The SMILES string of the molecule is CCNc1c(N)ccc2c(N)ccc(OC)c12. The lowest BCUT2D eigenvalue weighted by molar-refractivity contribution is 0.420. The second-order valence-electron chi connectivity index (χ2n) is 3.84. The Hall–Kier alpha value is -2.10. The summed E-state index contributed by atoms with van der Waals surface area (Å²) in [5.74, 6) is 0.775. The standard InChI is InChI=1S/C13H17N3O/c1-3-16-13-10(15)5-4-8-9(14)6-7-11(17-2)12(8)13/h4-7,16H,3,14-15H2,1-2H3. The van der Waals surface area contributed by atoms with Gasteiger partial charge < -0.3 is 21.5 Å². The van der Waals surface area contributed by atoms with Crippen LogP contribution in [0.15, 0.2) is 24.3 Å². The maximum atomic E-state index is 5.99. The Labute approximate surface area is 101 Å². The quantitative estimate of drug-likeness (QED) is 0.709. The largest absolute Gasteiger partial charge is 0.496 e. The molecule has 0 spiro atoms. The predicted molar refractivity (Wildman–Crippen MR) is 73.5 cm³/mol. The summed E-state index contributed by atoms with van der Waals surface area (Å²) in [6.07, 6.45) is 0. The lowest BCUT2D eigenvalue weighted by atomic mass is 10.0. The van der Waals surface area contributed by atoms with Gasteiger partial charge in [-0.1, -0.05) is 0 Å². The first-order chi connectivity index (χ1) is 8.19. The molecule has 0 bridgehead atoms. The van der Waals surface area contributed by atoms with Gasteiger partial charge in [0.15, 0.2) is 0 Å². The summed E-state index contributed by atoms with van der Waals surface area (Å²) in [7, 11) is 1.64. The van der Waals surface area contributed by atoms with Gasteiger partial charge in [0, 0.05) is 17.6 Å². The van der Waals surface area contributed by atoms with Gasteiger partial charge in [-0.2, -0.15) is 0 Å². The normalized spacial score (nSPS) is 10.5. The van der Waals surface area contributed by atoms with Crippen molar-refractivity contribution in [1.82, 2.24) is 0 Å². The van der Waals surface area contributed by atoms with Crippen LogP contribution in [0.5, 0.6) is 5.75 Å². The molecule has 90 valence electrons. The molecule has 0 saturated carbocycles. The van der Waals surface area contributed by atoms with Crippen LogP contribution in [0.3, 0.4) is 0 Å². The maximum absolute atomic E-state index is 5.99. The van der Waals surface area contributed by atoms with Crippen LogP contribution in [0.1, 0.15) is 6.92 Å². The number of anilines is 3. The van der Waals surface area contributed by atoms with Gasteiger partial charge in [-0.05, 0) is 31.2 Å². The van der Waals surface area contributed by atoms with Gasteiger partial charge in [-0.15, -0.1) is 0 Å². The summed E-state index contributed by atoms with van der Waals surface area (Å²) in [4.78, 5) is 0. The molecule has 0 amide bonds. The molecule has 0 aliphatic rings. The van der Waals surface area contributed by atoms with Crippen LogP contribution in [-0.4, -0.2) is 13.7 Å². The Kier molecular flexibility index (Phi) is 2.95. The fourth-order valence-electron chi connectivity index (χ4n) is 1.99. The molecular weight excluding hydrogens is 214 g/mol. The first-order valence-corrected chi connectivity index (χ1v) is 5.57. The zero-order valence-corrected chi connectivity index (χ0v) is 10.1. The minimum absolute atomic E-state index is 0.697. The molecule has 5 N–H and O–H groups in total. The lowest BCUT2D eigenvalue weighted by Crippen LogP contribution is -2.03. The molecule has 0 fully saturated rings. The minimum atomic E-state index is 0.697. The van der Waals surface area contributed by atoms with Crippen molar-refractivity contribution in [2.45, 2.75) is 6.92 Å². The zero-order chi connectivity index (χ0) is 12.4. The van der Waals surface area contributed by atoms with E-state index in [1.807, 2.05) is 31.2 Å². The molecule has 0 aromatic heterocycles. The molecule has 4 nitrogen and oxygen atoms in total. The molecule has 0 heterocycles. The van der Waals surface area contributed by atoms with E-state index in [4.69, 9.17) is 16.2 Å². The number of hydrogen-bond acceptors (Lipinski definition) is 4. The van der Waals surface area contributed by atoms with Crippen LogP contribution >= 0.6 is 0 Å². The van der Waals surface area contributed by atoms with E-state index in [1.165, 1.54) is 0 Å². The Morgan fingerprint density at radius 2 is 1.82 bits per heavy atom. The topological polar surface area (TPSA) is 73.3 Å². The molecular formula is C13H17N3O. The summed E-state index contributed by atoms with van der Waals surface area (Å²) in [5, 5.41) is 5.15. The molecule has 4 heteroatoms. The second-order valence-corrected chi connectivity index (χ2v) is 3.84. The number of nitrogen functional groups attached to an aromatic ring is 2. The summed E-state index contributed by atoms with van der Waals surface area (Å²) < 4.78 is 5.37. The van der Waals surface area contributed by atoms with Crippen molar-refractivity contribution in [1.29, 1.82) is 0 Å². The van der Waals surface area contributed by atoms with Gasteiger partial charge >= 0.3 is 0 Å². The molecule has 2 rings (SSSR count). The Balaban J connectivity index is 2.84. The van der Waals surface area contributed by atoms with Crippen LogP contribution < -0.4 is 21.5 Å². The Morgan fingerprint density at radius 1 is 1.12 bits per heavy atom. The van der Waals surface area contributed by atoms with Crippen LogP contribution in [0.25, 0.3) is 10.8 Å². The summed E-state index contributed by atoms with van der Waals surface area (Å²) in [6, 6.07) is 7.48. The van der Waals surface area contributed by atoms with E-state index < -0.39 is 0 Å². The number of fused-ring (bicyclic) bond motifs is 1. The highest BCUT2D eigenvalue weighted by atomic mass is 16.5.